The van der Waals surface area contributed by atoms with Crippen molar-refractivity contribution in [3.05, 3.63) is 82.2 Å². The van der Waals surface area contributed by atoms with Crippen LogP contribution >= 0.6 is 0 Å². The van der Waals surface area contributed by atoms with E-state index in [1.807, 2.05) is 24.4 Å². The second-order valence-corrected chi connectivity index (χ2v) is 6.00. The molecule has 0 N–H and O–H groups in total. The summed E-state index contributed by atoms with van der Waals surface area (Å²) in [6.07, 6.45) is 3.57. The number of pyridine rings is 1. The molecule has 6 nitrogen and oxygen atoms in total. The largest absolute Gasteiger partial charge is 0.341 e. The predicted molar refractivity (Wildman–Crippen MR) is 99.4 cm³/mol. The molecule has 2 heterocycles. The minimum atomic E-state index is -0.479. The first kappa shape index (κ1) is 16.0. The Bertz CT molecular complexity index is 1160. The fourth-order valence-electron chi connectivity index (χ4n) is 3.33. The molecule has 0 amide bonds. The van der Waals surface area contributed by atoms with E-state index in [2.05, 4.69) is 16.5 Å². The maximum absolute atomic E-state index is 12.8. The number of benzene rings is 2. The van der Waals surface area contributed by atoms with Crippen LogP contribution < -0.4 is 0 Å². The van der Waals surface area contributed by atoms with Crippen LogP contribution in [0.5, 0.6) is 0 Å². The molecule has 0 aliphatic heterocycles. The molecule has 0 radical (unpaired) electrons. The molecule has 0 aliphatic rings. The Labute approximate surface area is 148 Å². The lowest BCUT2D eigenvalue weighted by Crippen LogP contribution is -2.01. The molecule has 26 heavy (non-hydrogen) atoms. The van der Waals surface area contributed by atoms with Crippen molar-refractivity contribution < 1.29 is 9.72 Å². The Hall–Kier alpha value is -3.54. The highest BCUT2D eigenvalue weighted by Crippen LogP contribution is 2.29. The second-order valence-electron chi connectivity index (χ2n) is 6.00. The van der Waals surface area contributed by atoms with E-state index in [-0.39, 0.29) is 11.5 Å². The molecule has 128 valence electrons. The van der Waals surface area contributed by atoms with Gasteiger partial charge in [0.15, 0.2) is 5.78 Å². The first-order valence-electron chi connectivity index (χ1n) is 8.25. The van der Waals surface area contributed by atoms with Crippen LogP contribution in [0.1, 0.15) is 22.8 Å². The van der Waals surface area contributed by atoms with Gasteiger partial charge in [0.25, 0.3) is 5.69 Å². The Morgan fingerprint density at radius 3 is 2.42 bits per heavy atom. The molecule has 0 atom stereocenters. The molecule has 0 bridgehead atoms. The van der Waals surface area contributed by atoms with Gasteiger partial charge in [-0.15, -0.1) is 0 Å². The zero-order valence-electron chi connectivity index (χ0n) is 14.0. The maximum Gasteiger partial charge on any atom is 0.269 e. The third-order valence-corrected chi connectivity index (χ3v) is 4.59. The van der Waals surface area contributed by atoms with E-state index in [0.717, 1.165) is 28.4 Å². The predicted octanol–water partition coefficient (Wildman–Crippen LogP) is 4.35. The van der Waals surface area contributed by atoms with Gasteiger partial charge in [0.2, 0.25) is 0 Å². The number of hydrogen-bond donors (Lipinski definition) is 0. The van der Waals surface area contributed by atoms with E-state index < -0.39 is 4.92 Å². The number of rotatable bonds is 4. The summed E-state index contributed by atoms with van der Waals surface area (Å²) in [5, 5.41) is 12.7. The molecule has 6 heteroatoms. The van der Waals surface area contributed by atoms with Crippen molar-refractivity contribution in [1.29, 1.82) is 0 Å². The Balaban J connectivity index is 1.83. The summed E-state index contributed by atoms with van der Waals surface area (Å²) in [6.45, 7) is 2.90. The third-order valence-electron chi connectivity index (χ3n) is 4.59. The van der Waals surface area contributed by atoms with E-state index in [0.29, 0.717) is 11.1 Å². The Kier molecular flexibility index (Phi) is 3.73. The fourth-order valence-corrected chi connectivity index (χ4v) is 3.33. The Morgan fingerprint density at radius 2 is 1.73 bits per heavy atom. The van der Waals surface area contributed by atoms with Gasteiger partial charge in [0, 0.05) is 58.5 Å². The van der Waals surface area contributed by atoms with Gasteiger partial charge in [-0.2, -0.15) is 0 Å². The van der Waals surface area contributed by atoms with Crippen molar-refractivity contribution in [3.63, 3.8) is 0 Å². The first-order chi connectivity index (χ1) is 12.6. The van der Waals surface area contributed by atoms with Gasteiger partial charge in [-0.05, 0) is 43.3 Å². The monoisotopic (exact) mass is 345 g/mol. The average molecular weight is 345 g/mol. The van der Waals surface area contributed by atoms with Crippen molar-refractivity contribution in [2.45, 2.75) is 13.5 Å². The highest BCUT2D eigenvalue weighted by atomic mass is 16.6. The zero-order valence-corrected chi connectivity index (χ0v) is 14.0. The molecule has 2 aromatic heterocycles. The van der Waals surface area contributed by atoms with E-state index in [9.17, 15) is 14.9 Å². The van der Waals surface area contributed by atoms with Gasteiger partial charge < -0.3 is 4.57 Å². The molecule has 4 aromatic rings. The van der Waals surface area contributed by atoms with Crippen LogP contribution in [0.4, 0.5) is 5.69 Å². The number of nitrogens with zero attached hydrogens (tertiary/aromatic N) is 3. The lowest BCUT2D eigenvalue weighted by atomic mass is 10.0. The minimum absolute atomic E-state index is 0.0332. The summed E-state index contributed by atoms with van der Waals surface area (Å²) in [5.74, 6) is -0.164. The highest BCUT2D eigenvalue weighted by molar-refractivity contribution is 6.14. The number of non-ortho nitro benzene ring substituents is 1. The molecule has 0 saturated heterocycles. The molecule has 0 spiro atoms. The van der Waals surface area contributed by atoms with Crippen LogP contribution in [-0.4, -0.2) is 20.3 Å². The van der Waals surface area contributed by atoms with Crippen LogP contribution in [0.2, 0.25) is 0 Å². The van der Waals surface area contributed by atoms with Gasteiger partial charge in [0.05, 0.1) is 10.4 Å². The van der Waals surface area contributed by atoms with Crippen molar-refractivity contribution in [3.8, 4) is 0 Å². The molecule has 0 unspecified atom stereocenters. The number of carbonyl (C=O) groups is 1. The summed E-state index contributed by atoms with van der Waals surface area (Å²) in [7, 11) is 0. The summed E-state index contributed by atoms with van der Waals surface area (Å²) in [6, 6.07) is 13.2. The van der Waals surface area contributed by atoms with Gasteiger partial charge in [-0.3, -0.25) is 19.9 Å². The van der Waals surface area contributed by atoms with Gasteiger partial charge in [-0.1, -0.05) is 0 Å². The number of carbonyl (C=O) groups excluding carboxylic acids is 1. The smallest absolute Gasteiger partial charge is 0.269 e. The molecular weight excluding hydrogens is 330 g/mol. The number of nitro groups is 1. The van der Waals surface area contributed by atoms with Crippen molar-refractivity contribution in [1.82, 2.24) is 9.55 Å². The Morgan fingerprint density at radius 1 is 1.04 bits per heavy atom. The molecule has 0 saturated carbocycles. The quantitative estimate of drug-likeness (QED) is 0.313. The summed E-state index contributed by atoms with van der Waals surface area (Å²) < 4.78 is 2.19. The van der Waals surface area contributed by atoms with Crippen LogP contribution in [0.3, 0.4) is 0 Å². The molecule has 0 aliphatic carbocycles. The first-order valence-corrected chi connectivity index (χ1v) is 8.25. The summed E-state index contributed by atoms with van der Waals surface area (Å²) >= 11 is 0. The lowest BCUT2D eigenvalue weighted by Gasteiger charge is -2.04. The number of nitro benzene ring substituents is 1. The molecule has 2 aromatic carbocycles. The van der Waals surface area contributed by atoms with Gasteiger partial charge >= 0.3 is 0 Å². The number of aryl methyl sites for hydroxylation is 1. The lowest BCUT2D eigenvalue weighted by molar-refractivity contribution is -0.384. The average Bonchev–Trinajstić information content (AvgIpc) is 3.00. The van der Waals surface area contributed by atoms with Gasteiger partial charge in [0.1, 0.15) is 0 Å². The van der Waals surface area contributed by atoms with Crippen molar-refractivity contribution in [2.75, 3.05) is 0 Å². The number of ketones is 1. The van der Waals surface area contributed by atoms with E-state index in [1.54, 1.807) is 12.3 Å². The number of aromatic nitrogens is 2. The maximum atomic E-state index is 12.8. The zero-order chi connectivity index (χ0) is 18.3. The summed E-state index contributed by atoms with van der Waals surface area (Å²) in [5.41, 5.74) is 3.07. The highest BCUT2D eigenvalue weighted by Gasteiger charge is 2.15. The third kappa shape index (κ3) is 2.43. The van der Waals surface area contributed by atoms with Gasteiger partial charge in [-0.25, -0.2) is 0 Å². The molecular formula is C20H15N3O3. The SMILES string of the molecule is CCn1c2ccncc2c2cc(C(=O)c3ccc([N+](=O)[O-])cc3)ccc21. The number of fused-ring (bicyclic) bond motifs is 3. The van der Waals surface area contributed by atoms with Crippen LogP contribution in [0.15, 0.2) is 60.9 Å². The summed E-state index contributed by atoms with van der Waals surface area (Å²) in [4.78, 5) is 27.3. The standard InChI is InChI=1S/C20H15N3O3/c1-2-22-18-8-5-14(11-16(18)17-12-21-10-9-19(17)22)20(24)13-3-6-15(7-4-13)23(25)26/h3-12H,2H2,1H3. The molecule has 4 rings (SSSR count). The van der Waals surface area contributed by atoms with Crippen molar-refractivity contribution in [2.24, 2.45) is 0 Å². The van der Waals surface area contributed by atoms with Crippen LogP contribution in [0, 0.1) is 10.1 Å². The van der Waals surface area contributed by atoms with Crippen LogP contribution in [0.25, 0.3) is 21.8 Å². The topological polar surface area (TPSA) is 78.0 Å². The second kappa shape index (κ2) is 6.07. The van der Waals surface area contributed by atoms with E-state index in [4.69, 9.17) is 0 Å². The minimum Gasteiger partial charge on any atom is -0.341 e. The normalized spacial score (nSPS) is 11.1. The van der Waals surface area contributed by atoms with E-state index >= 15 is 0 Å². The number of hydrogen-bond acceptors (Lipinski definition) is 4. The van der Waals surface area contributed by atoms with E-state index in [1.165, 1.54) is 24.3 Å². The fraction of sp³-hybridized carbons (Fsp3) is 0.100. The van der Waals surface area contributed by atoms with Crippen LogP contribution in [-0.2, 0) is 6.54 Å². The molecule has 0 fully saturated rings. The van der Waals surface area contributed by atoms with Crippen molar-refractivity contribution >= 4 is 33.3 Å².